The zero-order valence-electron chi connectivity index (χ0n) is 16.0. The molecular weight excluding hydrogens is 392 g/mol. The molecule has 2 N–H and O–H groups in total. The Balaban J connectivity index is 1.52. The number of hydrogen-bond donors (Lipinski definition) is 2. The number of methoxy groups -OCH3 is 2. The summed E-state index contributed by atoms with van der Waals surface area (Å²) >= 11 is 1.17. The number of carbonyl (C=O) groups is 2. The molecule has 0 fully saturated rings. The van der Waals surface area contributed by atoms with E-state index in [2.05, 4.69) is 20.8 Å². The van der Waals surface area contributed by atoms with Gasteiger partial charge in [0.05, 0.1) is 14.2 Å². The first-order valence-corrected chi connectivity index (χ1v) is 9.61. The Morgan fingerprint density at radius 1 is 0.931 bits per heavy atom. The molecule has 8 nitrogen and oxygen atoms in total. The number of aromatic nitrogens is 2. The summed E-state index contributed by atoms with van der Waals surface area (Å²) in [7, 11) is 3.08. The summed E-state index contributed by atoms with van der Waals surface area (Å²) in [5.41, 5.74) is 1.29. The van der Waals surface area contributed by atoms with Crippen molar-refractivity contribution in [2.75, 3.05) is 24.9 Å². The molecule has 0 bridgehead atoms. The molecule has 150 valence electrons. The van der Waals surface area contributed by atoms with Gasteiger partial charge in [-0.05, 0) is 24.3 Å². The van der Waals surface area contributed by atoms with Crippen LogP contribution in [0.2, 0.25) is 0 Å². The first-order chi connectivity index (χ1) is 14.1. The number of nitrogens with zero attached hydrogens (tertiary/aromatic N) is 2. The molecule has 2 aromatic carbocycles. The van der Waals surface area contributed by atoms with Crippen molar-refractivity contribution < 1.29 is 19.1 Å². The van der Waals surface area contributed by atoms with Crippen molar-refractivity contribution in [2.45, 2.75) is 12.8 Å². The molecule has 29 heavy (non-hydrogen) atoms. The highest BCUT2D eigenvalue weighted by molar-refractivity contribution is 7.13. The van der Waals surface area contributed by atoms with Gasteiger partial charge in [-0.2, -0.15) is 0 Å². The van der Waals surface area contributed by atoms with E-state index >= 15 is 0 Å². The van der Waals surface area contributed by atoms with Crippen LogP contribution >= 0.6 is 11.3 Å². The largest absolute Gasteiger partial charge is 0.493 e. The minimum atomic E-state index is -0.324. The second-order valence-electron chi connectivity index (χ2n) is 5.94. The van der Waals surface area contributed by atoms with E-state index in [1.165, 1.54) is 18.4 Å². The first-order valence-electron chi connectivity index (χ1n) is 8.79. The first kappa shape index (κ1) is 20.3. The highest BCUT2D eigenvalue weighted by atomic mass is 32.1. The molecule has 1 heterocycles. The van der Waals surface area contributed by atoms with Crippen molar-refractivity contribution in [3.63, 3.8) is 0 Å². The normalized spacial score (nSPS) is 10.3. The van der Waals surface area contributed by atoms with Gasteiger partial charge in [0.25, 0.3) is 5.91 Å². The van der Waals surface area contributed by atoms with Crippen molar-refractivity contribution >= 4 is 34.5 Å². The van der Waals surface area contributed by atoms with Gasteiger partial charge in [-0.3, -0.25) is 9.59 Å². The monoisotopic (exact) mass is 412 g/mol. The molecule has 9 heteroatoms. The maximum absolute atomic E-state index is 12.2. The lowest BCUT2D eigenvalue weighted by Crippen LogP contribution is -2.12. The molecule has 2 amide bonds. The number of aryl methyl sites for hydroxylation is 1. The summed E-state index contributed by atoms with van der Waals surface area (Å²) in [4.78, 5) is 24.4. The minimum absolute atomic E-state index is 0.178. The fourth-order valence-corrected chi connectivity index (χ4v) is 3.24. The van der Waals surface area contributed by atoms with Gasteiger partial charge >= 0.3 is 0 Å². The number of anilines is 2. The number of rotatable bonds is 8. The Hall–Kier alpha value is -3.46. The Morgan fingerprint density at radius 3 is 2.41 bits per heavy atom. The van der Waals surface area contributed by atoms with Gasteiger partial charge < -0.3 is 20.1 Å². The van der Waals surface area contributed by atoms with Crippen LogP contribution in [-0.4, -0.2) is 36.2 Å². The highest BCUT2D eigenvalue weighted by Crippen LogP contribution is 2.29. The van der Waals surface area contributed by atoms with Gasteiger partial charge in [-0.15, -0.1) is 10.2 Å². The predicted octanol–water partition coefficient (Wildman–Crippen LogP) is 3.38. The zero-order chi connectivity index (χ0) is 20.6. The van der Waals surface area contributed by atoms with E-state index < -0.39 is 0 Å². The van der Waals surface area contributed by atoms with E-state index in [1.54, 1.807) is 37.4 Å². The van der Waals surface area contributed by atoms with Crippen LogP contribution in [0.3, 0.4) is 0 Å². The minimum Gasteiger partial charge on any atom is -0.493 e. The molecule has 0 atom stereocenters. The highest BCUT2D eigenvalue weighted by Gasteiger charge is 2.14. The molecule has 0 aliphatic carbocycles. The average molecular weight is 412 g/mol. The van der Waals surface area contributed by atoms with E-state index in [1.807, 2.05) is 18.2 Å². The number of hydrogen-bond acceptors (Lipinski definition) is 7. The second kappa shape index (κ2) is 9.65. The number of amides is 2. The van der Waals surface area contributed by atoms with Gasteiger partial charge in [0, 0.05) is 30.3 Å². The van der Waals surface area contributed by atoms with Gasteiger partial charge in [0.2, 0.25) is 10.9 Å². The van der Waals surface area contributed by atoms with Crippen LogP contribution in [0.4, 0.5) is 11.4 Å². The summed E-state index contributed by atoms with van der Waals surface area (Å²) < 4.78 is 10.4. The number of para-hydroxylation sites is 1. The maximum Gasteiger partial charge on any atom is 0.286 e. The smallest absolute Gasteiger partial charge is 0.286 e. The molecule has 0 aliphatic heterocycles. The SMILES string of the molecule is COc1ccc(NC(=O)CCc2nnc(C(=O)Nc3ccccc3)s2)cc1OC. The fourth-order valence-electron chi connectivity index (χ4n) is 2.51. The maximum atomic E-state index is 12.2. The van der Waals surface area contributed by atoms with Crippen LogP contribution < -0.4 is 20.1 Å². The molecule has 0 radical (unpaired) electrons. The van der Waals surface area contributed by atoms with E-state index in [4.69, 9.17) is 9.47 Å². The summed E-state index contributed by atoms with van der Waals surface area (Å²) in [5, 5.41) is 14.3. The third kappa shape index (κ3) is 5.52. The number of carbonyl (C=O) groups excluding carboxylic acids is 2. The van der Waals surface area contributed by atoms with Crippen molar-refractivity contribution in [1.82, 2.24) is 10.2 Å². The van der Waals surface area contributed by atoms with E-state index in [9.17, 15) is 9.59 Å². The van der Waals surface area contributed by atoms with E-state index in [-0.39, 0.29) is 23.2 Å². The molecule has 1 aromatic heterocycles. The van der Waals surface area contributed by atoms with Crippen molar-refractivity contribution in [3.8, 4) is 11.5 Å². The van der Waals surface area contributed by atoms with Crippen LogP contribution in [-0.2, 0) is 11.2 Å². The van der Waals surface area contributed by atoms with E-state index in [0.29, 0.717) is 34.3 Å². The van der Waals surface area contributed by atoms with Gasteiger partial charge in [-0.1, -0.05) is 29.5 Å². The lowest BCUT2D eigenvalue weighted by atomic mass is 10.2. The number of ether oxygens (including phenoxy) is 2. The molecule has 0 saturated heterocycles. The molecule has 0 saturated carbocycles. The molecule has 0 aliphatic rings. The van der Waals surface area contributed by atoms with Crippen LogP contribution in [0, 0.1) is 0 Å². The average Bonchev–Trinajstić information content (AvgIpc) is 3.22. The second-order valence-corrected chi connectivity index (χ2v) is 7.00. The number of benzene rings is 2. The Bertz CT molecular complexity index is 991. The topological polar surface area (TPSA) is 102 Å². The lowest BCUT2D eigenvalue weighted by Gasteiger charge is -2.10. The Kier molecular flexibility index (Phi) is 6.75. The number of nitrogens with one attached hydrogen (secondary N) is 2. The Morgan fingerprint density at radius 2 is 1.69 bits per heavy atom. The Labute approximate surface area is 171 Å². The van der Waals surface area contributed by atoms with Crippen molar-refractivity contribution in [2.24, 2.45) is 0 Å². The van der Waals surface area contributed by atoms with Gasteiger partial charge in [0.1, 0.15) is 5.01 Å². The molecule has 0 unspecified atom stereocenters. The van der Waals surface area contributed by atoms with Crippen molar-refractivity contribution in [3.05, 3.63) is 58.5 Å². The van der Waals surface area contributed by atoms with Crippen molar-refractivity contribution in [1.29, 1.82) is 0 Å². The van der Waals surface area contributed by atoms with Crippen LogP contribution in [0.15, 0.2) is 48.5 Å². The van der Waals surface area contributed by atoms with E-state index in [0.717, 1.165) is 0 Å². The zero-order valence-corrected chi connectivity index (χ0v) is 16.8. The van der Waals surface area contributed by atoms with Crippen LogP contribution in [0.5, 0.6) is 11.5 Å². The molecular formula is C20H20N4O4S. The molecule has 0 spiro atoms. The summed E-state index contributed by atoms with van der Waals surface area (Å²) in [6.45, 7) is 0. The summed E-state index contributed by atoms with van der Waals surface area (Å²) in [5.74, 6) is 0.613. The third-order valence-corrected chi connectivity index (χ3v) is 4.91. The molecule has 3 aromatic rings. The predicted molar refractivity (Wildman–Crippen MR) is 111 cm³/mol. The quantitative estimate of drug-likeness (QED) is 0.588. The van der Waals surface area contributed by atoms with Gasteiger partial charge in [0.15, 0.2) is 11.5 Å². The van der Waals surface area contributed by atoms with Gasteiger partial charge in [-0.25, -0.2) is 0 Å². The summed E-state index contributed by atoms with van der Waals surface area (Å²) in [6.07, 6.45) is 0.596. The fraction of sp³-hybridized carbons (Fsp3) is 0.200. The summed E-state index contributed by atoms with van der Waals surface area (Å²) in [6, 6.07) is 14.2. The standard InChI is InChI=1S/C20H20N4O4S/c1-27-15-9-8-14(12-16(15)28-2)21-17(25)10-11-18-23-24-20(29-18)19(26)22-13-6-4-3-5-7-13/h3-9,12H,10-11H2,1-2H3,(H,21,25)(H,22,26). The third-order valence-electron chi connectivity index (χ3n) is 3.93. The van der Waals surface area contributed by atoms with Crippen LogP contribution in [0.1, 0.15) is 21.2 Å². The van der Waals surface area contributed by atoms with Crippen LogP contribution in [0.25, 0.3) is 0 Å². The molecule has 3 rings (SSSR count). The lowest BCUT2D eigenvalue weighted by molar-refractivity contribution is -0.116.